The largest absolute Gasteiger partial charge is 0.423 e. The molecule has 0 aromatic heterocycles. The van der Waals surface area contributed by atoms with Crippen molar-refractivity contribution >= 4 is 9.04 Å². The third kappa shape index (κ3) is 3.74. The summed E-state index contributed by atoms with van der Waals surface area (Å²) in [4.78, 5) is 0. The molecule has 0 heterocycles. The fourth-order valence-corrected chi connectivity index (χ4v) is 3.55. The van der Waals surface area contributed by atoms with Gasteiger partial charge in [-0.25, -0.2) is 0 Å². The summed E-state index contributed by atoms with van der Waals surface area (Å²) < 4.78 is 5.53. The van der Waals surface area contributed by atoms with Gasteiger partial charge in [-0.1, -0.05) is 43.7 Å². The summed E-state index contributed by atoms with van der Waals surface area (Å²) in [5.41, 5.74) is 1.43. The molecule has 13 heavy (non-hydrogen) atoms. The molecule has 0 aliphatic carbocycles. The molecule has 1 aromatic carbocycles. The van der Waals surface area contributed by atoms with Gasteiger partial charge in [-0.3, -0.25) is 0 Å². The summed E-state index contributed by atoms with van der Waals surface area (Å²) in [5.74, 6) is 0. The summed E-state index contributed by atoms with van der Waals surface area (Å²) in [6, 6.07) is 13.1. The summed E-state index contributed by atoms with van der Waals surface area (Å²) in [6.07, 6.45) is 1.25. The van der Waals surface area contributed by atoms with Gasteiger partial charge in [0.1, 0.15) is 0 Å². The molecule has 1 unspecified atom stereocenters. The van der Waals surface area contributed by atoms with Crippen LogP contribution >= 0.6 is 0 Å². The van der Waals surface area contributed by atoms with Gasteiger partial charge >= 0.3 is 0 Å². The van der Waals surface area contributed by atoms with E-state index < -0.39 is 9.04 Å². The van der Waals surface area contributed by atoms with E-state index in [4.69, 9.17) is 4.43 Å². The molecule has 1 atom stereocenters. The highest BCUT2D eigenvalue weighted by atomic mass is 28.3. The number of hydrogen-bond donors (Lipinski definition) is 0. The van der Waals surface area contributed by atoms with Crippen molar-refractivity contribution in [1.29, 1.82) is 0 Å². The zero-order valence-corrected chi connectivity index (χ0v) is 9.65. The van der Waals surface area contributed by atoms with E-state index in [-0.39, 0.29) is 0 Å². The molecule has 2 heteroatoms. The van der Waals surface area contributed by atoms with Gasteiger partial charge in [0, 0.05) is 7.11 Å². The second-order valence-electron chi connectivity index (χ2n) is 3.34. The number of benzene rings is 1. The van der Waals surface area contributed by atoms with Crippen molar-refractivity contribution < 1.29 is 4.43 Å². The van der Waals surface area contributed by atoms with Crippen LogP contribution in [0.1, 0.15) is 18.9 Å². The van der Waals surface area contributed by atoms with Crippen LogP contribution in [0.4, 0.5) is 0 Å². The minimum absolute atomic E-state index is 0.940. The normalized spacial score (nSPS) is 12.8. The first-order valence-electron chi connectivity index (χ1n) is 4.93. The van der Waals surface area contributed by atoms with Crippen LogP contribution in [-0.4, -0.2) is 16.2 Å². The minimum atomic E-state index is -0.940. The fourth-order valence-electron chi connectivity index (χ4n) is 1.50. The average molecular weight is 194 g/mol. The van der Waals surface area contributed by atoms with Crippen molar-refractivity contribution in [3.63, 3.8) is 0 Å². The van der Waals surface area contributed by atoms with Gasteiger partial charge in [0.15, 0.2) is 9.04 Å². The maximum atomic E-state index is 5.53. The molecule has 0 saturated carbocycles. The predicted molar refractivity (Wildman–Crippen MR) is 59.4 cm³/mol. The van der Waals surface area contributed by atoms with Gasteiger partial charge in [0.25, 0.3) is 0 Å². The van der Waals surface area contributed by atoms with Gasteiger partial charge in [-0.05, 0) is 17.7 Å². The lowest BCUT2D eigenvalue weighted by Crippen LogP contribution is -2.19. The van der Waals surface area contributed by atoms with E-state index in [9.17, 15) is 0 Å². The Labute approximate surface area is 82.5 Å². The average Bonchev–Trinajstić information content (AvgIpc) is 2.19. The number of rotatable bonds is 5. The van der Waals surface area contributed by atoms with E-state index in [1.165, 1.54) is 24.1 Å². The van der Waals surface area contributed by atoms with Crippen LogP contribution in [0.3, 0.4) is 0 Å². The van der Waals surface area contributed by atoms with E-state index in [1.807, 2.05) is 7.11 Å². The summed E-state index contributed by atoms with van der Waals surface area (Å²) >= 11 is 0. The van der Waals surface area contributed by atoms with Crippen LogP contribution in [0, 0.1) is 0 Å². The summed E-state index contributed by atoms with van der Waals surface area (Å²) in [6.45, 7) is 2.23. The minimum Gasteiger partial charge on any atom is -0.423 e. The summed E-state index contributed by atoms with van der Waals surface area (Å²) in [5, 5.41) is 0. The van der Waals surface area contributed by atoms with Crippen molar-refractivity contribution in [1.82, 2.24) is 0 Å². The quantitative estimate of drug-likeness (QED) is 0.655. The van der Waals surface area contributed by atoms with Crippen molar-refractivity contribution in [3.8, 4) is 0 Å². The highest BCUT2D eigenvalue weighted by molar-refractivity contribution is 6.51. The standard InChI is InChI=1S/C11H18OSi/c1-3-9-13(12-2)10-11-7-5-4-6-8-11/h4-8,13H,3,9-10H2,1-2H3. The van der Waals surface area contributed by atoms with E-state index in [0.717, 1.165) is 0 Å². The Morgan fingerprint density at radius 2 is 1.92 bits per heavy atom. The molecular formula is C11H18OSi. The van der Waals surface area contributed by atoms with Crippen molar-refractivity contribution in [2.24, 2.45) is 0 Å². The molecule has 0 bridgehead atoms. The molecule has 0 aliphatic heterocycles. The molecule has 0 amide bonds. The number of hydrogen-bond acceptors (Lipinski definition) is 1. The van der Waals surface area contributed by atoms with E-state index in [1.54, 1.807) is 0 Å². The SMILES string of the molecule is CCC[SiH](Cc1ccccc1)OC. The van der Waals surface area contributed by atoms with Gasteiger partial charge in [-0.2, -0.15) is 0 Å². The van der Waals surface area contributed by atoms with Crippen LogP contribution in [-0.2, 0) is 10.5 Å². The summed E-state index contributed by atoms with van der Waals surface area (Å²) in [7, 11) is 0.917. The molecular weight excluding hydrogens is 176 g/mol. The Morgan fingerprint density at radius 3 is 2.46 bits per heavy atom. The van der Waals surface area contributed by atoms with Gasteiger partial charge < -0.3 is 4.43 Å². The Hall–Kier alpha value is -0.603. The van der Waals surface area contributed by atoms with E-state index >= 15 is 0 Å². The molecule has 1 rings (SSSR count). The first-order chi connectivity index (χ1) is 6.36. The Kier molecular flexibility index (Phi) is 4.79. The zero-order valence-electron chi connectivity index (χ0n) is 8.49. The maximum Gasteiger partial charge on any atom is 0.180 e. The third-order valence-corrected chi connectivity index (χ3v) is 5.06. The van der Waals surface area contributed by atoms with Crippen LogP contribution in [0.2, 0.25) is 6.04 Å². The van der Waals surface area contributed by atoms with Crippen LogP contribution in [0.5, 0.6) is 0 Å². The predicted octanol–water partition coefficient (Wildman–Crippen LogP) is 2.55. The van der Waals surface area contributed by atoms with Crippen LogP contribution < -0.4 is 0 Å². The third-order valence-electron chi connectivity index (χ3n) is 2.25. The van der Waals surface area contributed by atoms with Gasteiger partial charge in [0.05, 0.1) is 0 Å². The highest BCUT2D eigenvalue weighted by Gasteiger charge is 2.08. The molecule has 0 N–H and O–H groups in total. The topological polar surface area (TPSA) is 9.23 Å². The maximum absolute atomic E-state index is 5.53. The molecule has 0 aliphatic rings. The second kappa shape index (κ2) is 5.94. The monoisotopic (exact) mass is 194 g/mol. The fraction of sp³-hybridized carbons (Fsp3) is 0.455. The molecule has 1 aromatic rings. The van der Waals surface area contributed by atoms with Crippen molar-refractivity contribution in [3.05, 3.63) is 35.9 Å². The Bertz CT molecular complexity index is 223. The Balaban J connectivity index is 2.46. The van der Waals surface area contributed by atoms with Gasteiger partial charge in [0.2, 0.25) is 0 Å². The van der Waals surface area contributed by atoms with Crippen molar-refractivity contribution in [2.75, 3.05) is 7.11 Å². The molecule has 72 valence electrons. The first-order valence-corrected chi connectivity index (χ1v) is 7.04. The lowest BCUT2D eigenvalue weighted by Gasteiger charge is -2.11. The Morgan fingerprint density at radius 1 is 1.23 bits per heavy atom. The molecule has 0 spiro atoms. The van der Waals surface area contributed by atoms with E-state index in [0.29, 0.717) is 0 Å². The smallest absolute Gasteiger partial charge is 0.180 e. The lowest BCUT2D eigenvalue weighted by atomic mass is 10.2. The molecule has 1 nitrogen and oxygen atoms in total. The second-order valence-corrected chi connectivity index (χ2v) is 6.04. The first kappa shape index (κ1) is 10.5. The molecule has 0 saturated heterocycles. The molecule has 0 radical (unpaired) electrons. The van der Waals surface area contributed by atoms with Crippen LogP contribution in [0.15, 0.2) is 30.3 Å². The lowest BCUT2D eigenvalue weighted by molar-refractivity contribution is 0.416. The van der Waals surface area contributed by atoms with E-state index in [2.05, 4.69) is 37.3 Å². The zero-order chi connectivity index (χ0) is 9.52. The van der Waals surface area contributed by atoms with Crippen molar-refractivity contribution in [2.45, 2.75) is 25.4 Å². The van der Waals surface area contributed by atoms with Gasteiger partial charge in [-0.15, -0.1) is 0 Å². The van der Waals surface area contributed by atoms with Crippen LogP contribution in [0.25, 0.3) is 0 Å². The molecule has 0 fully saturated rings. The highest BCUT2D eigenvalue weighted by Crippen LogP contribution is 2.07.